The Morgan fingerprint density at radius 3 is 2.22 bits per heavy atom. The zero-order valence-corrected chi connectivity index (χ0v) is 21.5. The lowest BCUT2D eigenvalue weighted by Crippen LogP contribution is -2.48. The number of amides is 1. The smallest absolute Gasteiger partial charge is 0.335 e. The summed E-state index contributed by atoms with van der Waals surface area (Å²) >= 11 is 1.27. The molecule has 4 fully saturated rings. The molecule has 8 heteroatoms. The van der Waals surface area contributed by atoms with Crippen LogP contribution in [-0.4, -0.2) is 37.2 Å². The molecule has 0 spiro atoms. The number of hydrogen-bond donors (Lipinski definition) is 2. The topological polar surface area (TPSA) is 94.1 Å². The molecule has 4 aliphatic carbocycles. The number of ether oxygens (including phenoxy) is 3. The van der Waals surface area contributed by atoms with Gasteiger partial charge in [0, 0.05) is 23.1 Å². The number of carbonyl (C=O) groups is 2. The summed E-state index contributed by atoms with van der Waals surface area (Å²) < 4.78 is 19.8. The second kappa shape index (κ2) is 10.4. The van der Waals surface area contributed by atoms with E-state index >= 15 is 0 Å². The SMILES string of the molecule is COC(C)OCOc1ccc(SNC(=O)c2ccc(C(=O)O)cc2)cc1C12CC3CC(CC(C3)C1)C2. The summed E-state index contributed by atoms with van der Waals surface area (Å²) in [4.78, 5) is 24.7. The molecule has 0 radical (unpaired) electrons. The predicted molar refractivity (Wildman–Crippen MR) is 136 cm³/mol. The number of carbonyl (C=O) groups excluding carboxylic acids is 1. The second-order valence-electron chi connectivity index (χ2n) is 10.5. The van der Waals surface area contributed by atoms with Gasteiger partial charge in [0.05, 0.1) is 5.56 Å². The summed E-state index contributed by atoms with van der Waals surface area (Å²) in [5, 5.41) is 9.07. The van der Waals surface area contributed by atoms with Gasteiger partial charge in [-0.1, -0.05) is 0 Å². The van der Waals surface area contributed by atoms with Crippen molar-refractivity contribution in [1.82, 2.24) is 4.72 Å². The first-order valence-electron chi connectivity index (χ1n) is 12.6. The zero-order valence-electron chi connectivity index (χ0n) is 20.7. The number of carboxylic acids is 1. The molecule has 0 aromatic heterocycles. The van der Waals surface area contributed by atoms with Crippen LogP contribution >= 0.6 is 11.9 Å². The third-order valence-corrected chi connectivity index (χ3v) is 8.84. The molecule has 0 aliphatic heterocycles. The first kappa shape index (κ1) is 25.1. The number of carboxylic acid groups (broad SMARTS) is 1. The monoisotopic (exact) mass is 511 g/mol. The van der Waals surface area contributed by atoms with Crippen LogP contribution in [0, 0.1) is 17.8 Å². The summed E-state index contributed by atoms with van der Waals surface area (Å²) in [5.74, 6) is 1.93. The van der Waals surface area contributed by atoms with Gasteiger partial charge in [-0.05, 0) is 123 Å². The van der Waals surface area contributed by atoms with Crippen molar-refractivity contribution in [2.24, 2.45) is 17.8 Å². The van der Waals surface area contributed by atoms with Crippen LogP contribution in [-0.2, 0) is 14.9 Å². The van der Waals surface area contributed by atoms with E-state index in [4.69, 9.17) is 19.3 Å². The number of benzene rings is 2. The molecule has 0 heterocycles. The van der Waals surface area contributed by atoms with Gasteiger partial charge in [-0.2, -0.15) is 0 Å². The summed E-state index contributed by atoms with van der Waals surface area (Å²) in [7, 11) is 1.60. The lowest BCUT2D eigenvalue weighted by molar-refractivity contribution is -0.150. The highest BCUT2D eigenvalue weighted by molar-refractivity contribution is 7.98. The third kappa shape index (κ3) is 5.26. The van der Waals surface area contributed by atoms with E-state index in [1.54, 1.807) is 7.11 Å². The Bertz CT molecular complexity index is 1080. The summed E-state index contributed by atoms with van der Waals surface area (Å²) in [6.45, 7) is 1.95. The molecule has 4 aliphatic rings. The Kier molecular flexibility index (Phi) is 7.28. The van der Waals surface area contributed by atoms with Crippen molar-refractivity contribution in [2.75, 3.05) is 13.9 Å². The fourth-order valence-electron chi connectivity index (χ4n) is 6.74. The Hall–Kier alpha value is -2.55. The lowest BCUT2D eigenvalue weighted by atomic mass is 9.48. The molecule has 1 amide bonds. The Labute approximate surface area is 216 Å². The predicted octanol–water partition coefficient (Wildman–Crippen LogP) is 5.64. The van der Waals surface area contributed by atoms with Crippen molar-refractivity contribution >= 4 is 23.8 Å². The van der Waals surface area contributed by atoms with E-state index < -0.39 is 5.97 Å². The van der Waals surface area contributed by atoms with Crippen molar-refractivity contribution in [3.05, 3.63) is 59.2 Å². The average Bonchev–Trinajstić information content (AvgIpc) is 2.86. The summed E-state index contributed by atoms with van der Waals surface area (Å²) in [6.07, 6.45) is 7.31. The molecular formula is C28H33NO6S. The molecule has 2 aromatic carbocycles. The molecule has 6 rings (SSSR count). The fourth-order valence-corrected chi connectivity index (χ4v) is 7.38. The van der Waals surface area contributed by atoms with Gasteiger partial charge in [-0.3, -0.25) is 9.52 Å². The lowest BCUT2D eigenvalue weighted by Gasteiger charge is -2.57. The molecule has 0 saturated heterocycles. The van der Waals surface area contributed by atoms with E-state index in [1.807, 2.05) is 19.1 Å². The van der Waals surface area contributed by atoms with Crippen molar-refractivity contribution in [3.63, 3.8) is 0 Å². The van der Waals surface area contributed by atoms with Crippen LogP contribution < -0.4 is 9.46 Å². The normalized spacial score (nSPS) is 27.0. The van der Waals surface area contributed by atoms with E-state index in [2.05, 4.69) is 10.8 Å². The Morgan fingerprint density at radius 2 is 1.64 bits per heavy atom. The molecule has 7 nitrogen and oxygen atoms in total. The molecule has 1 unspecified atom stereocenters. The van der Waals surface area contributed by atoms with Crippen molar-refractivity contribution in [2.45, 2.75) is 62.0 Å². The minimum Gasteiger partial charge on any atom is -0.478 e. The quantitative estimate of drug-likeness (QED) is 0.315. The molecule has 192 valence electrons. The maximum absolute atomic E-state index is 12.7. The standard InChI is InChI=1S/C28H33NO6S/c1-17(33-2)34-16-35-25-8-7-23(36-29-26(30)21-3-5-22(6-4-21)27(31)32)12-24(25)28-13-18-9-19(14-28)11-20(10-18)15-28/h3-8,12,17-20H,9-11,13-16H2,1-2H3,(H,29,30)(H,31,32). The fraction of sp³-hybridized carbons (Fsp3) is 0.500. The Balaban J connectivity index is 1.34. The number of nitrogens with one attached hydrogen (secondary N) is 1. The van der Waals surface area contributed by atoms with Gasteiger partial charge in [0.15, 0.2) is 13.1 Å². The van der Waals surface area contributed by atoms with Crippen LogP contribution in [0.25, 0.3) is 0 Å². The summed E-state index contributed by atoms with van der Waals surface area (Å²) in [6, 6.07) is 12.1. The molecule has 36 heavy (non-hydrogen) atoms. The van der Waals surface area contributed by atoms with E-state index in [0.717, 1.165) is 28.4 Å². The van der Waals surface area contributed by atoms with Crippen LogP contribution in [0.5, 0.6) is 5.75 Å². The molecule has 4 saturated carbocycles. The van der Waals surface area contributed by atoms with Crippen molar-refractivity contribution in [3.8, 4) is 5.75 Å². The largest absolute Gasteiger partial charge is 0.478 e. The third-order valence-electron chi connectivity index (χ3n) is 8.07. The number of rotatable bonds is 10. The van der Waals surface area contributed by atoms with Gasteiger partial charge in [-0.25, -0.2) is 4.79 Å². The molecule has 1 atom stereocenters. The molecule has 2 N–H and O–H groups in total. The van der Waals surface area contributed by atoms with E-state index in [9.17, 15) is 9.59 Å². The minimum absolute atomic E-state index is 0.115. The van der Waals surface area contributed by atoms with E-state index in [0.29, 0.717) is 5.56 Å². The molecule has 4 bridgehead atoms. The van der Waals surface area contributed by atoms with Gasteiger partial charge < -0.3 is 19.3 Å². The maximum atomic E-state index is 12.7. The van der Waals surface area contributed by atoms with Crippen LogP contribution in [0.2, 0.25) is 0 Å². The Morgan fingerprint density at radius 1 is 1.03 bits per heavy atom. The highest BCUT2D eigenvalue weighted by Crippen LogP contribution is 2.62. The van der Waals surface area contributed by atoms with Gasteiger partial charge in [0.25, 0.3) is 5.91 Å². The minimum atomic E-state index is -1.02. The van der Waals surface area contributed by atoms with Crippen molar-refractivity contribution < 1.29 is 28.9 Å². The highest BCUT2D eigenvalue weighted by Gasteiger charge is 2.52. The number of methoxy groups -OCH3 is 1. The molecule has 2 aromatic rings. The number of aromatic carboxylic acids is 1. The van der Waals surface area contributed by atoms with Crippen LogP contribution in [0.1, 0.15) is 71.7 Å². The van der Waals surface area contributed by atoms with Gasteiger partial charge in [0.2, 0.25) is 0 Å². The first-order valence-corrected chi connectivity index (χ1v) is 13.4. The molecular weight excluding hydrogens is 478 g/mol. The van der Waals surface area contributed by atoms with E-state index in [1.165, 1.54) is 80.3 Å². The van der Waals surface area contributed by atoms with Gasteiger partial charge in [0.1, 0.15) is 5.75 Å². The summed E-state index contributed by atoms with van der Waals surface area (Å²) in [5.41, 5.74) is 1.90. The van der Waals surface area contributed by atoms with Crippen molar-refractivity contribution in [1.29, 1.82) is 0 Å². The van der Waals surface area contributed by atoms with Crippen LogP contribution in [0.3, 0.4) is 0 Å². The maximum Gasteiger partial charge on any atom is 0.335 e. The first-order chi connectivity index (χ1) is 17.3. The van der Waals surface area contributed by atoms with Crippen LogP contribution in [0.4, 0.5) is 0 Å². The number of hydrogen-bond acceptors (Lipinski definition) is 6. The average molecular weight is 512 g/mol. The van der Waals surface area contributed by atoms with Gasteiger partial charge >= 0.3 is 5.97 Å². The van der Waals surface area contributed by atoms with Crippen LogP contribution in [0.15, 0.2) is 47.4 Å². The highest BCUT2D eigenvalue weighted by atomic mass is 32.2. The zero-order chi connectivity index (χ0) is 25.3. The van der Waals surface area contributed by atoms with Gasteiger partial charge in [-0.15, -0.1) is 0 Å². The van der Waals surface area contributed by atoms with E-state index in [-0.39, 0.29) is 30.0 Å². The second-order valence-corrected chi connectivity index (χ2v) is 11.4.